The molecule has 0 aromatic carbocycles. The predicted octanol–water partition coefficient (Wildman–Crippen LogP) is 0.178. The van der Waals surface area contributed by atoms with Crippen LogP contribution in [0.2, 0.25) is 0 Å². The van der Waals surface area contributed by atoms with Gasteiger partial charge in [0, 0.05) is 0 Å². The van der Waals surface area contributed by atoms with Gasteiger partial charge in [-0.1, -0.05) is 12.3 Å². The zero-order valence-corrected chi connectivity index (χ0v) is 9.61. The number of carbonyl (C=O) groups is 2. The molecule has 1 rings (SSSR count). The van der Waals surface area contributed by atoms with E-state index in [9.17, 15) is 9.59 Å². The molecule has 0 aliphatic carbocycles. The number of nitrogens with one attached hydrogen (secondary N) is 1. The summed E-state index contributed by atoms with van der Waals surface area (Å²) >= 11 is 0. The second-order valence-corrected chi connectivity index (χ2v) is 4.03. The Bertz CT molecular complexity index is 296. The van der Waals surface area contributed by atoms with Gasteiger partial charge in [0.25, 0.3) is 0 Å². The van der Waals surface area contributed by atoms with Gasteiger partial charge in [-0.05, 0) is 26.3 Å². The van der Waals surface area contributed by atoms with Crippen LogP contribution in [0.15, 0.2) is 0 Å². The molecule has 0 saturated carbocycles. The predicted molar refractivity (Wildman–Crippen MR) is 61.7 cm³/mol. The van der Waals surface area contributed by atoms with Crippen molar-refractivity contribution < 1.29 is 9.59 Å². The first-order valence-corrected chi connectivity index (χ1v) is 5.63. The van der Waals surface area contributed by atoms with E-state index in [1.54, 1.807) is 0 Å². The minimum Gasteiger partial charge on any atom is -0.344 e. The smallest absolute Gasteiger partial charge is 0.237 e. The van der Waals surface area contributed by atoms with Crippen LogP contribution in [0.5, 0.6) is 0 Å². The molecule has 1 heterocycles. The van der Waals surface area contributed by atoms with Gasteiger partial charge in [0.2, 0.25) is 5.91 Å². The maximum Gasteiger partial charge on any atom is 0.237 e. The van der Waals surface area contributed by atoms with E-state index >= 15 is 0 Å². The van der Waals surface area contributed by atoms with Gasteiger partial charge in [-0.25, -0.2) is 0 Å². The molecule has 88 valence electrons. The van der Waals surface area contributed by atoms with E-state index in [4.69, 9.17) is 6.42 Å². The van der Waals surface area contributed by atoms with Crippen molar-refractivity contribution >= 4 is 12.2 Å². The molecule has 0 bridgehead atoms. The molecule has 1 amide bonds. The van der Waals surface area contributed by atoms with Crippen LogP contribution in [-0.4, -0.2) is 42.3 Å². The molecule has 16 heavy (non-hydrogen) atoms. The average Bonchev–Trinajstić information content (AvgIpc) is 2.34. The standard InChI is InChI=1S/C12H18N2O2/c1-3-7-13-12(16)10(2)14-8-5-4-6-11(14)9-15/h1,9-11H,4-8H2,2H3,(H,13,16). The molecule has 0 aromatic rings. The Hall–Kier alpha value is -1.34. The van der Waals surface area contributed by atoms with E-state index in [1.807, 2.05) is 11.8 Å². The zero-order chi connectivity index (χ0) is 12.0. The van der Waals surface area contributed by atoms with Gasteiger partial charge in [0.15, 0.2) is 0 Å². The van der Waals surface area contributed by atoms with E-state index in [2.05, 4.69) is 11.2 Å². The van der Waals surface area contributed by atoms with E-state index in [0.717, 1.165) is 32.1 Å². The molecule has 1 aliphatic rings. The van der Waals surface area contributed by atoms with Crippen molar-refractivity contribution in [2.24, 2.45) is 0 Å². The summed E-state index contributed by atoms with van der Waals surface area (Å²) < 4.78 is 0. The van der Waals surface area contributed by atoms with Crippen LogP contribution in [0.4, 0.5) is 0 Å². The zero-order valence-electron chi connectivity index (χ0n) is 9.61. The Kier molecular flexibility index (Phi) is 5.00. The molecular weight excluding hydrogens is 204 g/mol. The van der Waals surface area contributed by atoms with Crippen molar-refractivity contribution in [3.8, 4) is 12.3 Å². The molecule has 4 heteroatoms. The highest BCUT2D eigenvalue weighted by Crippen LogP contribution is 2.18. The molecule has 0 spiro atoms. The molecular formula is C12H18N2O2. The summed E-state index contributed by atoms with van der Waals surface area (Å²) in [6.45, 7) is 2.85. The average molecular weight is 222 g/mol. The van der Waals surface area contributed by atoms with Gasteiger partial charge in [0.05, 0.1) is 18.6 Å². The topological polar surface area (TPSA) is 49.4 Å². The van der Waals surface area contributed by atoms with Crippen molar-refractivity contribution in [1.29, 1.82) is 0 Å². The molecule has 2 unspecified atom stereocenters. The van der Waals surface area contributed by atoms with Crippen LogP contribution in [0.1, 0.15) is 26.2 Å². The highest BCUT2D eigenvalue weighted by atomic mass is 16.2. The summed E-state index contributed by atoms with van der Waals surface area (Å²) in [5, 5.41) is 2.64. The summed E-state index contributed by atoms with van der Waals surface area (Å²) in [6, 6.07) is -0.413. The Labute approximate surface area is 96.4 Å². The molecule has 4 nitrogen and oxygen atoms in total. The first-order chi connectivity index (χ1) is 7.70. The second-order valence-electron chi connectivity index (χ2n) is 4.03. The normalized spacial score (nSPS) is 23.1. The first kappa shape index (κ1) is 12.7. The Morgan fingerprint density at radius 3 is 3.06 bits per heavy atom. The maximum absolute atomic E-state index is 11.7. The van der Waals surface area contributed by atoms with Crippen molar-refractivity contribution in [3.05, 3.63) is 0 Å². The number of nitrogens with zero attached hydrogens (tertiary/aromatic N) is 1. The third-order valence-corrected chi connectivity index (χ3v) is 2.99. The lowest BCUT2D eigenvalue weighted by molar-refractivity contribution is -0.128. The molecule has 1 N–H and O–H groups in total. The molecule has 0 aromatic heterocycles. The highest BCUT2D eigenvalue weighted by Gasteiger charge is 2.29. The lowest BCUT2D eigenvalue weighted by Crippen LogP contribution is -2.52. The van der Waals surface area contributed by atoms with Gasteiger partial charge in [0.1, 0.15) is 6.29 Å². The highest BCUT2D eigenvalue weighted by molar-refractivity contribution is 5.82. The maximum atomic E-state index is 11.7. The van der Waals surface area contributed by atoms with Crippen LogP contribution in [0.25, 0.3) is 0 Å². The van der Waals surface area contributed by atoms with Crippen LogP contribution in [-0.2, 0) is 9.59 Å². The monoisotopic (exact) mass is 222 g/mol. The van der Waals surface area contributed by atoms with E-state index in [-0.39, 0.29) is 24.5 Å². The minimum absolute atomic E-state index is 0.105. The number of rotatable bonds is 4. The van der Waals surface area contributed by atoms with Gasteiger partial charge in [-0.2, -0.15) is 0 Å². The fraction of sp³-hybridized carbons (Fsp3) is 0.667. The third-order valence-electron chi connectivity index (χ3n) is 2.99. The van der Waals surface area contributed by atoms with E-state index < -0.39 is 0 Å². The number of terminal acetylenes is 1. The first-order valence-electron chi connectivity index (χ1n) is 5.63. The lowest BCUT2D eigenvalue weighted by atomic mass is 10.0. The van der Waals surface area contributed by atoms with E-state index in [0.29, 0.717) is 0 Å². The number of carbonyl (C=O) groups excluding carboxylic acids is 2. The van der Waals surface area contributed by atoms with E-state index in [1.165, 1.54) is 0 Å². The lowest BCUT2D eigenvalue weighted by Gasteiger charge is -2.36. The number of hydrogen-bond donors (Lipinski definition) is 1. The summed E-state index contributed by atoms with van der Waals surface area (Å²) in [7, 11) is 0. The van der Waals surface area contributed by atoms with Crippen LogP contribution < -0.4 is 5.32 Å². The number of aldehydes is 1. The van der Waals surface area contributed by atoms with Gasteiger partial charge < -0.3 is 10.1 Å². The third kappa shape index (κ3) is 3.07. The number of amides is 1. The summed E-state index contributed by atoms with van der Waals surface area (Å²) in [6.07, 6.45) is 8.95. The Balaban J connectivity index is 2.56. The minimum atomic E-state index is -0.288. The fourth-order valence-corrected chi connectivity index (χ4v) is 2.04. The van der Waals surface area contributed by atoms with Crippen LogP contribution in [0.3, 0.4) is 0 Å². The summed E-state index contributed by atoms with van der Waals surface area (Å²) in [5.74, 6) is 2.26. The Morgan fingerprint density at radius 1 is 1.69 bits per heavy atom. The van der Waals surface area contributed by atoms with Crippen molar-refractivity contribution in [3.63, 3.8) is 0 Å². The SMILES string of the molecule is C#CCNC(=O)C(C)N1CCCCC1C=O. The Morgan fingerprint density at radius 2 is 2.44 bits per heavy atom. The van der Waals surface area contributed by atoms with Crippen LogP contribution in [0, 0.1) is 12.3 Å². The molecule has 0 radical (unpaired) electrons. The fourth-order valence-electron chi connectivity index (χ4n) is 2.04. The largest absolute Gasteiger partial charge is 0.344 e. The molecule has 2 atom stereocenters. The molecule has 1 saturated heterocycles. The quantitative estimate of drug-likeness (QED) is 0.545. The van der Waals surface area contributed by atoms with Gasteiger partial charge in [-0.3, -0.25) is 9.69 Å². The molecule has 1 aliphatic heterocycles. The summed E-state index contributed by atoms with van der Waals surface area (Å²) in [4.78, 5) is 24.6. The van der Waals surface area contributed by atoms with Crippen molar-refractivity contribution in [1.82, 2.24) is 10.2 Å². The van der Waals surface area contributed by atoms with Crippen molar-refractivity contribution in [2.45, 2.75) is 38.3 Å². The second kappa shape index (κ2) is 6.29. The number of piperidine rings is 1. The van der Waals surface area contributed by atoms with Gasteiger partial charge >= 0.3 is 0 Å². The van der Waals surface area contributed by atoms with Crippen molar-refractivity contribution in [2.75, 3.05) is 13.1 Å². The number of hydrogen-bond acceptors (Lipinski definition) is 3. The number of likely N-dealkylation sites (tertiary alicyclic amines) is 1. The molecule has 1 fully saturated rings. The van der Waals surface area contributed by atoms with Crippen LogP contribution >= 0.6 is 0 Å². The summed E-state index contributed by atoms with van der Waals surface area (Å²) in [5.41, 5.74) is 0. The van der Waals surface area contributed by atoms with Gasteiger partial charge in [-0.15, -0.1) is 6.42 Å².